The average molecular weight is 465 g/mol. The topological polar surface area (TPSA) is 75.7 Å². The number of rotatable bonds is 6. The molecule has 1 amide bonds. The van der Waals surface area contributed by atoms with Gasteiger partial charge >= 0.3 is 0 Å². The van der Waals surface area contributed by atoms with Crippen molar-refractivity contribution in [1.29, 1.82) is 0 Å². The Morgan fingerprint density at radius 1 is 1.09 bits per heavy atom. The molecule has 0 aliphatic carbocycles. The number of carbonyl (C=O) groups is 1. The van der Waals surface area contributed by atoms with Gasteiger partial charge < -0.3 is 10.1 Å². The summed E-state index contributed by atoms with van der Waals surface area (Å²) in [6.07, 6.45) is -0.0308. The van der Waals surface area contributed by atoms with Gasteiger partial charge in [-0.25, -0.2) is 8.42 Å². The number of benzene rings is 3. The van der Waals surface area contributed by atoms with Crippen molar-refractivity contribution in [2.75, 3.05) is 10.8 Å². The maximum Gasteiger partial charge on any atom is 0.264 e. The van der Waals surface area contributed by atoms with Gasteiger partial charge in [0.2, 0.25) is 0 Å². The molecule has 1 heterocycles. The average Bonchev–Trinajstić information content (AvgIpc) is 2.83. The second-order valence-corrected chi connectivity index (χ2v) is 10.1. The van der Waals surface area contributed by atoms with Gasteiger partial charge in [-0.2, -0.15) is 0 Å². The number of sulfonamides is 1. The molecule has 1 aliphatic heterocycles. The quantitative estimate of drug-likeness (QED) is 0.587. The van der Waals surface area contributed by atoms with Crippen LogP contribution in [0, 0.1) is 6.92 Å². The van der Waals surface area contributed by atoms with Gasteiger partial charge in [-0.1, -0.05) is 55.5 Å². The van der Waals surface area contributed by atoms with Crippen LogP contribution in [0.2, 0.25) is 0 Å². The minimum atomic E-state index is -3.87. The van der Waals surface area contributed by atoms with E-state index in [-0.39, 0.29) is 23.4 Å². The fourth-order valence-corrected chi connectivity index (χ4v) is 5.37. The Balaban J connectivity index is 1.61. The van der Waals surface area contributed by atoms with Crippen LogP contribution < -0.4 is 14.4 Å². The Hall–Kier alpha value is -3.32. The second-order valence-electron chi connectivity index (χ2n) is 8.25. The number of ether oxygens (including phenoxy) is 1. The molecule has 7 heteroatoms. The Kier molecular flexibility index (Phi) is 6.42. The summed E-state index contributed by atoms with van der Waals surface area (Å²) in [5, 5.41) is 2.98. The first-order chi connectivity index (χ1) is 15.8. The van der Waals surface area contributed by atoms with Crippen molar-refractivity contribution in [1.82, 2.24) is 5.32 Å². The Morgan fingerprint density at radius 2 is 1.79 bits per heavy atom. The van der Waals surface area contributed by atoms with Crippen LogP contribution in [0.1, 0.15) is 36.6 Å². The fraction of sp³-hybridized carbons (Fsp3) is 0.269. The molecule has 4 rings (SSSR count). The third-order valence-corrected chi connectivity index (χ3v) is 7.65. The molecule has 172 valence electrons. The molecule has 0 fully saturated rings. The normalized spacial score (nSPS) is 16.5. The first kappa shape index (κ1) is 22.9. The lowest BCUT2D eigenvalue weighted by atomic mass is 10.0. The van der Waals surface area contributed by atoms with Gasteiger partial charge in [0, 0.05) is 0 Å². The standard InChI is InChI=1S/C26H28N2O4S/c1-4-20-11-13-21(14-12-20)19(3)27-26(29)25-17-28(23-15-10-18(2)16-24(23)32-25)33(30,31)22-8-6-5-7-9-22/h5-16,19,25H,4,17H2,1-3H3,(H,27,29)/t19-,25-/m1/s1. The smallest absolute Gasteiger partial charge is 0.264 e. The Bertz CT molecular complexity index is 1240. The van der Waals surface area contributed by atoms with Crippen LogP contribution >= 0.6 is 0 Å². The lowest BCUT2D eigenvalue weighted by Gasteiger charge is -2.35. The van der Waals surface area contributed by atoms with E-state index in [2.05, 4.69) is 12.2 Å². The van der Waals surface area contributed by atoms with Crippen LogP contribution in [0.25, 0.3) is 0 Å². The highest BCUT2D eigenvalue weighted by atomic mass is 32.2. The number of hydrogen-bond donors (Lipinski definition) is 1. The van der Waals surface area contributed by atoms with E-state index in [1.807, 2.05) is 44.2 Å². The monoisotopic (exact) mass is 464 g/mol. The van der Waals surface area contributed by atoms with Crippen LogP contribution in [-0.4, -0.2) is 27.0 Å². The summed E-state index contributed by atoms with van der Waals surface area (Å²) in [6, 6.07) is 21.4. The van der Waals surface area contributed by atoms with Gasteiger partial charge in [0.05, 0.1) is 23.2 Å². The van der Waals surface area contributed by atoms with E-state index in [9.17, 15) is 13.2 Å². The van der Waals surface area contributed by atoms with Crippen molar-refractivity contribution in [3.63, 3.8) is 0 Å². The van der Waals surface area contributed by atoms with Crippen molar-refractivity contribution in [2.45, 2.75) is 44.2 Å². The lowest BCUT2D eigenvalue weighted by molar-refractivity contribution is -0.128. The molecule has 0 bridgehead atoms. The summed E-state index contributed by atoms with van der Waals surface area (Å²) >= 11 is 0. The molecular weight excluding hydrogens is 436 g/mol. The number of aryl methyl sites for hydroxylation is 2. The van der Waals surface area contributed by atoms with Gasteiger partial charge in [-0.15, -0.1) is 0 Å². The van der Waals surface area contributed by atoms with E-state index in [0.29, 0.717) is 11.4 Å². The summed E-state index contributed by atoms with van der Waals surface area (Å²) < 4.78 is 34.2. The molecule has 0 spiro atoms. The maximum atomic E-state index is 13.4. The molecule has 0 unspecified atom stereocenters. The van der Waals surface area contributed by atoms with E-state index < -0.39 is 16.1 Å². The summed E-state index contributed by atoms with van der Waals surface area (Å²) in [4.78, 5) is 13.3. The zero-order valence-corrected chi connectivity index (χ0v) is 19.8. The second kappa shape index (κ2) is 9.27. The predicted octanol–water partition coefficient (Wildman–Crippen LogP) is 4.39. The summed E-state index contributed by atoms with van der Waals surface area (Å²) in [6.45, 7) is 5.78. The molecular formula is C26H28N2O4S. The van der Waals surface area contributed by atoms with E-state index in [1.165, 1.54) is 9.87 Å². The molecule has 0 aromatic heterocycles. The van der Waals surface area contributed by atoms with Crippen LogP contribution in [-0.2, 0) is 21.2 Å². The van der Waals surface area contributed by atoms with Crippen molar-refractivity contribution in [3.05, 3.63) is 89.5 Å². The van der Waals surface area contributed by atoms with Gasteiger partial charge in [0.1, 0.15) is 5.75 Å². The zero-order chi connectivity index (χ0) is 23.6. The molecule has 3 aromatic carbocycles. The van der Waals surface area contributed by atoms with E-state index in [4.69, 9.17) is 4.74 Å². The van der Waals surface area contributed by atoms with Gasteiger partial charge in [0.15, 0.2) is 6.10 Å². The third kappa shape index (κ3) is 4.73. The van der Waals surface area contributed by atoms with Crippen LogP contribution in [0.4, 0.5) is 5.69 Å². The molecule has 0 saturated carbocycles. The van der Waals surface area contributed by atoms with Crippen LogP contribution in [0.15, 0.2) is 77.7 Å². The van der Waals surface area contributed by atoms with E-state index >= 15 is 0 Å². The highest BCUT2D eigenvalue weighted by molar-refractivity contribution is 7.92. The maximum absolute atomic E-state index is 13.4. The minimum absolute atomic E-state index is 0.111. The van der Waals surface area contributed by atoms with Crippen molar-refractivity contribution >= 4 is 21.6 Å². The van der Waals surface area contributed by atoms with E-state index in [0.717, 1.165) is 17.5 Å². The molecule has 1 aliphatic rings. The molecule has 6 nitrogen and oxygen atoms in total. The first-order valence-corrected chi connectivity index (χ1v) is 12.5. The van der Waals surface area contributed by atoms with Crippen LogP contribution in [0.3, 0.4) is 0 Å². The number of nitrogens with zero attached hydrogens (tertiary/aromatic N) is 1. The highest BCUT2D eigenvalue weighted by Gasteiger charge is 2.37. The van der Waals surface area contributed by atoms with Crippen molar-refractivity contribution in [3.8, 4) is 5.75 Å². The Morgan fingerprint density at radius 3 is 2.45 bits per heavy atom. The Labute approximate surface area is 195 Å². The highest BCUT2D eigenvalue weighted by Crippen LogP contribution is 2.37. The minimum Gasteiger partial charge on any atom is -0.476 e. The number of hydrogen-bond acceptors (Lipinski definition) is 4. The number of anilines is 1. The largest absolute Gasteiger partial charge is 0.476 e. The van der Waals surface area contributed by atoms with Crippen molar-refractivity contribution < 1.29 is 17.9 Å². The zero-order valence-electron chi connectivity index (χ0n) is 19.0. The molecule has 0 saturated heterocycles. The molecule has 33 heavy (non-hydrogen) atoms. The van der Waals surface area contributed by atoms with Gasteiger partial charge in [0.25, 0.3) is 15.9 Å². The molecule has 1 N–H and O–H groups in total. The fourth-order valence-electron chi connectivity index (χ4n) is 3.88. The van der Waals surface area contributed by atoms with Gasteiger partial charge in [-0.05, 0) is 61.2 Å². The number of amides is 1. The molecule has 0 radical (unpaired) electrons. The van der Waals surface area contributed by atoms with E-state index in [1.54, 1.807) is 42.5 Å². The predicted molar refractivity (Wildman–Crippen MR) is 129 cm³/mol. The lowest BCUT2D eigenvalue weighted by Crippen LogP contribution is -2.51. The van der Waals surface area contributed by atoms with Crippen molar-refractivity contribution in [2.24, 2.45) is 0 Å². The number of carbonyl (C=O) groups excluding carboxylic acids is 1. The summed E-state index contributed by atoms with van der Waals surface area (Å²) in [5.74, 6) is 0.0170. The van der Waals surface area contributed by atoms with Gasteiger partial charge in [-0.3, -0.25) is 9.10 Å². The summed E-state index contributed by atoms with van der Waals surface area (Å²) in [7, 11) is -3.87. The SMILES string of the molecule is CCc1ccc([C@@H](C)NC(=O)[C@H]2CN(S(=O)(=O)c3ccccc3)c3ccc(C)cc3O2)cc1. The summed E-state index contributed by atoms with van der Waals surface area (Å²) in [5.41, 5.74) is 3.54. The third-order valence-electron chi connectivity index (χ3n) is 5.86. The van der Waals surface area contributed by atoms with Crippen LogP contribution in [0.5, 0.6) is 5.75 Å². The number of nitrogens with one attached hydrogen (secondary N) is 1. The number of fused-ring (bicyclic) bond motifs is 1. The molecule has 2 atom stereocenters. The molecule has 3 aromatic rings. The first-order valence-electron chi connectivity index (χ1n) is 11.0.